The van der Waals surface area contributed by atoms with E-state index in [2.05, 4.69) is 5.32 Å². The van der Waals surface area contributed by atoms with Gasteiger partial charge in [-0.3, -0.25) is 4.79 Å². The van der Waals surface area contributed by atoms with Crippen LogP contribution in [0, 0.1) is 5.82 Å². The van der Waals surface area contributed by atoms with E-state index in [9.17, 15) is 9.18 Å². The summed E-state index contributed by atoms with van der Waals surface area (Å²) in [7, 11) is 0. The lowest BCUT2D eigenvalue weighted by Gasteiger charge is -2.10. The van der Waals surface area contributed by atoms with Gasteiger partial charge in [0.1, 0.15) is 5.82 Å². The summed E-state index contributed by atoms with van der Waals surface area (Å²) < 4.78 is 13.6. The highest BCUT2D eigenvalue weighted by Gasteiger charge is 2.07. The molecule has 2 aromatic rings. The van der Waals surface area contributed by atoms with Gasteiger partial charge in [0.05, 0.1) is 5.69 Å². The van der Waals surface area contributed by atoms with E-state index in [1.54, 1.807) is 6.07 Å². The molecule has 2 rings (SSSR count). The second kappa shape index (κ2) is 5.85. The third-order valence-corrected chi connectivity index (χ3v) is 3.17. The number of anilines is 1. The third-order valence-electron chi connectivity index (χ3n) is 2.80. The molecule has 19 heavy (non-hydrogen) atoms. The Balaban J connectivity index is 2.17. The predicted molar refractivity (Wildman–Crippen MR) is 75.2 cm³/mol. The zero-order valence-corrected chi connectivity index (χ0v) is 11.2. The lowest BCUT2D eigenvalue weighted by atomic mass is 10.1. The summed E-state index contributed by atoms with van der Waals surface area (Å²) in [6, 6.07) is 11.6. The first kappa shape index (κ1) is 13.6. The smallest absolute Gasteiger partial charge is 0.159 e. The molecule has 0 radical (unpaired) electrons. The first-order valence-electron chi connectivity index (χ1n) is 5.85. The van der Waals surface area contributed by atoms with Gasteiger partial charge in [-0.25, -0.2) is 4.39 Å². The van der Waals surface area contributed by atoms with Crippen molar-refractivity contribution in [3.05, 3.63) is 64.4 Å². The second-order valence-corrected chi connectivity index (χ2v) is 4.60. The number of hydrogen-bond acceptors (Lipinski definition) is 2. The van der Waals surface area contributed by atoms with E-state index in [4.69, 9.17) is 11.6 Å². The molecule has 98 valence electrons. The van der Waals surface area contributed by atoms with Crippen molar-refractivity contribution in [2.75, 3.05) is 5.32 Å². The van der Waals surface area contributed by atoms with Crippen molar-refractivity contribution in [3.8, 4) is 0 Å². The van der Waals surface area contributed by atoms with Crippen LogP contribution >= 0.6 is 11.6 Å². The van der Waals surface area contributed by atoms with Gasteiger partial charge in [-0.2, -0.15) is 0 Å². The molecule has 0 unspecified atom stereocenters. The maximum absolute atomic E-state index is 13.6. The summed E-state index contributed by atoms with van der Waals surface area (Å²) in [5.74, 6) is -0.488. The maximum Gasteiger partial charge on any atom is 0.159 e. The Hall–Kier alpha value is -1.87. The number of nitrogens with one attached hydrogen (secondary N) is 1. The average molecular weight is 278 g/mol. The SMILES string of the molecule is CC(=O)c1ccc(F)c(NCc2ccccc2Cl)c1. The van der Waals surface area contributed by atoms with Crippen LogP contribution in [0.25, 0.3) is 0 Å². The summed E-state index contributed by atoms with van der Waals surface area (Å²) in [6.07, 6.45) is 0. The Kier molecular flexibility index (Phi) is 4.17. The van der Waals surface area contributed by atoms with Crippen LogP contribution in [0.3, 0.4) is 0 Å². The quantitative estimate of drug-likeness (QED) is 0.845. The lowest BCUT2D eigenvalue weighted by molar-refractivity contribution is 0.101. The van der Waals surface area contributed by atoms with Crippen LogP contribution < -0.4 is 5.32 Å². The van der Waals surface area contributed by atoms with Crippen LogP contribution in [0.2, 0.25) is 5.02 Å². The minimum Gasteiger partial charge on any atom is -0.379 e. The molecule has 0 saturated carbocycles. The number of rotatable bonds is 4. The van der Waals surface area contributed by atoms with Crippen LogP contribution in [0.5, 0.6) is 0 Å². The molecule has 0 aliphatic rings. The molecule has 2 aromatic carbocycles. The van der Waals surface area contributed by atoms with Crippen molar-refractivity contribution in [1.29, 1.82) is 0 Å². The van der Waals surface area contributed by atoms with Gasteiger partial charge >= 0.3 is 0 Å². The third kappa shape index (κ3) is 3.32. The van der Waals surface area contributed by atoms with Gasteiger partial charge in [0.25, 0.3) is 0 Å². The topological polar surface area (TPSA) is 29.1 Å². The van der Waals surface area contributed by atoms with E-state index in [1.165, 1.54) is 25.1 Å². The molecule has 0 heterocycles. The van der Waals surface area contributed by atoms with Crippen molar-refractivity contribution in [2.45, 2.75) is 13.5 Å². The van der Waals surface area contributed by atoms with Crippen LogP contribution in [0.15, 0.2) is 42.5 Å². The molecule has 4 heteroatoms. The Morgan fingerprint density at radius 3 is 2.68 bits per heavy atom. The molecular weight excluding hydrogens is 265 g/mol. The maximum atomic E-state index is 13.6. The molecule has 0 atom stereocenters. The summed E-state index contributed by atoms with van der Waals surface area (Å²) in [5, 5.41) is 3.58. The van der Waals surface area contributed by atoms with Gasteiger partial charge in [-0.1, -0.05) is 29.8 Å². The Morgan fingerprint density at radius 1 is 1.26 bits per heavy atom. The number of carbonyl (C=O) groups excluding carboxylic acids is 1. The highest BCUT2D eigenvalue weighted by molar-refractivity contribution is 6.31. The monoisotopic (exact) mass is 277 g/mol. The number of Topliss-reactive ketones (excluding diaryl/α,β-unsaturated/α-hetero) is 1. The Labute approximate surface area is 116 Å². The summed E-state index contributed by atoms with van der Waals surface area (Å²) in [4.78, 5) is 11.3. The van der Waals surface area contributed by atoms with Crippen LogP contribution in [0.1, 0.15) is 22.8 Å². The first-order chi connectivity index (χ1) is 9.08. The van der Waals surface area contributed by atoms with Gasteiger partial charge in [-0.15, -0.1) is 0 Å². The van der Waals surface area contributed by atoms with E-state index < -0.39 is 5.82 Å². The molecule has 0 aromatic heterocycles. The Bertz CT molecular complexity index is 613. The Morgan fingerprint density at radius 2 is 2.00 bits per heavy atom. The summed E-state index contributed by atoms with van der Waals surface area (Å²) >= 11 is 6.02. The normalized spacial score (nSPS) is 10.3. The molecule has 0 aliphatic carbocycles. The number of benzene rings is 2. The molecule has 1 N–H and O–H groups in total. The number of hydrogen-bond donors (Lipinski definition) is 1. The molecule has 0 amide bonds. The molecule has 0 saturated heterocycles. The van der Waals surface area contributed by atoms with E-state index >= 15 is 0 Å². The van der Waals surface area contributed by atoms with Gasteiger partial charge < -0.3 is 5.32 Å². The van der Waals surface area contributed by atoms with Gasteiger partial charge in [0.2, 0.25) is 0 Å². The van der Waals surface area contributed by atoms with Crippen molar-refractivity contribution in [3.63, 3.8) is 0 Å². The van der Waals surface area contributed by atoms with Crippen molar-refractivity contribution < 1.29 is 9.18 Å². The van der Waals surface area contributed by atoms with E-state index in [-0.39, 0.29) is 5.78 Å². The second-order valence-electron chi connectivity index (χ2n) is 4.20. The fourth-order valence-corrected chi connectivity index (χ4v) is 1.91. The predicted octanol–water partition coefficient (Wildman–Crippen LogP) is 4.29. The highest BCUT2D eigenvalue weighted by Crippen LogP contribution is 2.20. The van der Waals surface area contributed by atoms with Crippen LogP contribution in [-0.2, 0) is 6.54 Å². The minimum absolute atomic E-state index is 0.0965. The fraction of sp³-hybridized carbons (Fsp3) is 0.133. The van der Waals surface area contributed by atoms with Gasteiger partial charge in [0, 0.05) is 17.1 Å². The average Bonchev–Trinajstić information content (AvgIpc) is 2.39. The zero-order valence-electron chi connectivity index (χ0n) is 10.4. The van der Waals surface area contributed by atoms with Gasteiger partial charge in [-0.05, 0) is 36.8 Å². The van der Waals surface area contributed by atoms with Crippen LogP contribution in [-0.4, -0.2) is 5.78 Å². The minimum atomic E-state index is -0.392. The summed E-state index contributed by atoms with van der Waals surface area (Å²) in [6.45, 7) is 1.85. The molecule has 0 bridgehead atoms. The zero-order chi connectivity index (χ0) is 13.8. The number of carbonyl (C=O) groups is 1. The summed E-state index contributed by atoms with van der Waals surface area (Å²) in [5.41, 5.74) is 1.65. The first-order valence-corrected chi connectivity index (χ1v) is 6.23. The van der Waals surface area contributed by atoms with Crippen molar-refractivity contribution in [1.82, 2.24) is 0 Å². The van der Waals surface area contributed by atoms with Crippen molar-refractivity contribution >= 4 is 23.1 Å². The van der Waals surface area contributed by atoms with E-state index in [0.717, 1.165) is 5.56 Å². The molecular formula is C15H13ClFNO. The van der Waals surface area contributed by atoms with Gasteiger partial charge in [0.15, 0.2) is 5.78 Å². The molecule has 0 aliphatic heterocycles. The number of halogens is 2. The largest absolute Gasteiger partial charge is 0.379 e. The highest BCUT2D eigenvalue weighted by atomic mass is 35.5. The fourth-order valence-electron chi connectivity index (χ4n) is 1.71. The molecule has 2 nitrogen and oxygen atoms in total. The molecule has 0 fully saturated rings. The number of ketones is 1. The standard InChI is InChI=1S/C15H13ClFNO/c1-10(19)11-6-7-14(17)15(8-11)18-9-12-4-2-3-5-13(12)16/h2-8,18H,9H2,1H3. The van der Waals surface area contributed by atoms with E-state index in [1.807, 2.05) is 18.2 Å². The molecule has 0 spiro atoms. The van der Waals surface area contributed by atoms with E-state index in [0.29, 0.717) is 22.8 Å². The van der Waals surface area contributed by atoms with Crippen molar-refractivity contribution in [2.24, 2.45) is 0 Å². The lowest BCUT2D eigenvalue weighted by Crippen LogP contribution is -2.03. The van der Waals surface area contributed by atoms with Crippen LogP contribution in [0.4, 0.5) is 10.1 Å².